The van der Waals surface area contributed by atoms with Crippen molar-refractivity contribution in [1.82, 2.24) is 4.98 Å². The number of aliphatic carboxylic acids is 1. The van der Waals surface area contributed by atoms with Gasteiger partial charge in [-0.1, -0.05) is 31.2 Å². The normalized spacial score (nSPS) is 17.8. The van der Waals surface area contributed by atoms with E-state index >= 15 is 0 Å². The second-order valence-corrected chi connectivity index (χ2v) is 8.86. The molecule has 1 fully saturated rings. The summed E-state index contributed by atoms with van der Waals surface area (Å²) in [7, 11) is 0. The molecule has 0 aliphatic carbocycles. The number of hydrogen-bond donors (Lipinski definition) is 3. The third-order valence-electron chi connectivity index (χ3n) is 6.38. The number of nitrogens with zero attached hydrogens (tertiary/aromatic N) is 1. The Bertz CT molecular complexity index is 1370. The summed E-state index contributed by atoms with van der Waals surface area (Å²) in [5, 5.41) is 9.64. The third kappa shape index (κ3) is 5.06. The van der Waals surface area contributed by atoms with Gasteiger partial charge in [0.05, 0.1) is 12.1 Å². The molecule has 2 aromatic carbocycles. The van der Waals surface area contributed by atoms with E-state index < -0.39 is 41.5 Å². The van der Waals surface area contributed by atoms with E-state index in [0.717, 1.165) is 6.07 Å². The highest BCUT2D eigenvalue weighted by Crippen LogP contribution is 2.37. The minimum absolute atomic E-state index is 0.0301. The zero-order valence-corrected chi connectivity index (χ0v) is 19.2. The van der Waals surface area contributed by atoms with Crippen molar-refractivity contribution in [3.05, 3.63) is 64.4 Å². The fraction of sp³-hybridized carbons (Fsp3) is 0.320. The number of nitrogens with two attached hydrogens (primary N) is 1. The van der Waals surface area contributed by atoms with Crippen LogP contribution in [0.3, 0.4) is 0 Å². The van der Waals surface area contributed by atoms with Crippen molar-refractivity contribution < 1.29 is 32.6 Å². The average Bonchev–Trinajstić information content (AvgIpc) is 3.21. The summed E-state index contributed by atoms with van der Waals surface area (Å²) in [6, 6.07) is 10.1. The predicted octanol–water partition coefficient (Wildman–Crippen LogP) is 4.37. The van der Waals surface area contributed by atoms with Gasteiger partial charge in [0.15, 0.2) is 0 Å². The number of nitrogens with one attached hydrogen (secondary N) is 1. The van der Waals surface area contributed by atoms with Crippen molar-refractivity contribution in [2.45, 2.75) is 38.1 Å². The van der Waals surface area contributed by atoms with Crippen LogP contribution in [0.2, 0.25) is 0 Å². The lowest BCUT2D eigenvalue weighted by Gasteiger charge is -2.17. The molecular weight excluding hydrogens is 479 g/mol. The molecule has 0 spiro atoms. The summed E-state index contributed by atoms with van der Waals surface area (Å²) < 4.78 is 45.7. The molecule has 4 rings (SSSR count). The first-order chi connectivity index (χ1) is 17.0. The zero-order chi connectivity index (χ0) is 26.2. The standard InChI is InChI=1S/C25H24F3N3O5/c1-13(21(29)23(33)34)6-9-16-12-31(24(35)36-16)15-8-7-14-10-20(30-22(32)18(14)11-15)17-4-2-3-5-19(17)25(26,27)28/h2-5,7-8,10-11,13,16,21H,6,9,12,29H2,1H3,(H,30,32)(H,33,34). The number of amides is 1. The minimum atomic E-state index is -4.59. The van der Waals surface area contributed by atoms with Crippen molar-refractivity contribution in [2.75, 3.05) is 11.4 Å². The molecule has 1 aliphatic heterocycles. The summed E-state index contributed by atoms with van der Waals surface area (Å²) in [6.07, 6.45) is -4.81. The molecule has 0 bridgehead atoms. The van der Waals surface area contributed by atoms with E-state index in [1.165, 1.54) is 35.2 Å². The van der Waals surface area contributed by atoms with Gasteiger partial charge in [-0.25, -0.2) is 4.79 Å². The van der Waals surface area contributed by atoms with Gasteiger partial charge in [-0.3, -0.25) is 14.5 Å². The monoisotopic (exact) mass is 503 g/mol. The van der Waals surface area contributed by atoms with Crippen LogP contribution in [-0.4, -0.2) is 40.8 Å². The first kappa shape index (κ1) is 25.2. The Labute approximate surface area is 203 Å². The number of carbonyl (C=O) groups excluding carboxylic acids is 1. The third-order valence-corrected chi connectivity index (χ3v) is 6.38. The van der Waals surface area contributed by atoms with E-state index in [4.69, 9.17) is 15.6 Å². The van der Waals surface area contributed by atoms with E-state index in [9.17, 15) is 27.6 Å². The molecule has 4 N–H and O–H groups in total. The van der Waals surface area contributed by atoms with Crippen molar-refractivity contribution in [3.63, 3.8) is 0 Å². The number of aromatic nitrogens is 1. The lowest BCUT2D eigenvalue weighted by Crippen LogP contribution is -2.37. The van der Waals surface area contributed by atoms with Crippen LogP contribution in [0.4, 0.5) is 23.7 Å². The van der Waals surface area contributed by atoms with Gasteiger partial charge in [0.25, 0.3) is 5.56 Å². The zero-order valence-electron chi connectivity index (χ0n) is 19.2. The summed E-state index contributed by atoms with van der Waals surface area (Å²) in [5.41, 5.74) is 4.46. The Balaban J connectivity index is 1.57. The van der Waals surface area contributed by atoms with Gasteiger partial charge in [0, 0.05) is 22.3 Å². The summed E-state index contributed by atoms with van der Waals surface area (Å²) in [4.78, 5) is 40.2. The number of carbonyl (C=O) groups is 2. The summed E-state index contributed by atoms with van der Waals surface area (Å²) in [5.74, 6) is -1.41. The Morgan fingerprint density at radius 1 is 1.22 bits per heavy atom. The Hall–Kier alpha value is -3.86. The topological polar surface area (TPSA) is 126 Å². The van der Waals surface area contributed by atoms with Crippen LogP contribution in [0.15, 0.2) is 53.3 Å². The number of halogens is 3. The maximum Gasteiger partial charge on any atom is 0.417 e. The van der Waals surface area contributed by atoms with Crippen LogP contribution in [0.1, 0.15) is 25.3 Å². The Kier molecular flexibility index (Phi) is 6.77. The molecule has 1 saturated heterocycles. The number of anilines is 1. The van der Waals surface area contributed by atoms with Gasteiger partial charge in [-0.05, 0) is 48.4 Å². The van der Waals surface area contributed by atoms with Gasteiger partial charge in [-0.15, -0.1) is 0 Å². The number of pyridine rings is 1. The number of alkyl halides is 3. The van der Waals surface area contributed by atoms with Gasteiger partial charge >= 0.3 is 18.2 Å². The van der Waals surface area contributed by atoms with Gasteiger partial charge in [0.1, 0.15) is 12.1 Å². The van der Waals surface area contributed by atoms with E-state index in [1.807, 2.05) is 0 Å². The molecule has 1 aromatic heterocycles. The molecule has 1 amide bonds. The van der Waals surface area contributed by atoms with Crippen molar-refractivity contribution in [3.8, 4) is 11.3 Å². The molecule has 3 unspecified atom stereocenters. The second kappa shape index (κ2) is 9.65. The smallest absolute Gasteiger partial charge is 0.417 e. The van der Waals surface area contributed by atoms with Crippen molar-refractivity contribution >= 4 is 28.5 Å². The van der Waals surface area contributed by atoms with Crippen molar-refractivity contribution in [1.29, 1.82) is 0 Å². The largest absolute Gasteiger partial charge is 0.480 e. The minimum Gasteiger partial charge on any atom is -0.480 e. The fourth-order valence-electron chi connectivity index (χ4n) is 4.28. The predicted molar refractivity (Wildman–Crippen MR) is 127 cm³/mol. The molecule has 3 aromatic rings. The molecule has 0 saturated carbocycles. The number of ether oxygens (including phenoxy) is 1. The molecule has 190 valence electrons. The number of cyclic esters (lactones) is 1. The molecular formula is C25H24F3N3O5. The average molecular weight is 503 g/mol. The molecule has 2 heterocycles. The highest BCUT2D eigenvalue weighted by Gasteiger charge is 2.35. The molecule has 11 heteroatoms. The lowest BCUT2D eigenvalue weighted by molar-refractivity contribution is -0.140. The van der Waals surface area contributed by atoms with Crippen LogP contribution in [-0.2, 0) is 15.7 Å². The Morgan fingerprint density at radius 2 is 1.94 bits per heavy atom. The van der Waals surface area contributed by atoms with Gasteiger partial charge < -0.3 is 20.6 Å². The van der Waals surface area contributed by atoms with E-state index in [1.54, 1.807) is 19.1 Å². The fourth-order valence-corrected chi connectivity index (χ4v) is 4.28. The van der Waals surface area contributed by atoms with Gasteiger partial charge in [-0.2, -0.15) is 13.2 Å². The maximum absolute atomic E-state index is 13.4. The molecule has 3 atom stereocenters. The molecule has 8 nitrogen and oxygen atoms in total. The SMILES string of the molecule is CC(CCC1CN(c2ccc3cc(-c4ccccc4C(F)(F)F)[nH]c(=O)c3c2)C(=O)O1)C(N)C(=O)O. The number of rotatable bonds is 7. The van der Waals surface area contributed by atoms with Crippen LogP contribution < -0.4 is 16.2 Å². The number of fused-ring (bicyclic) bond motifs is 1. The number of H-pyrrole nitrogens is 1. The Morgan fingerprint density at radius 3 is 2.64 bits per heavy atom. The van der Waals surface area contributed by atoms with E-state index in [-0.39, 0.29) is 29.1 Å². The number of carboxylic acids is 1. The number of benzene rings is 2. The second-order valence-electron chi connectivity index (χ2n) is 8.86. The van der Waals surface area contributed by atoms with Crippen LogP contribution in [0, 0.1) is 5.92 Å². The van der Waals surface area contributed by atoms with Gasteiger partial charge in [0.2, 0.25) is 0 Å². The highest BCUT2D eigenvalue weighted by molar-refractivity contribution is 5.94. The summed E-state index contributed by atoms with van der Waals surface area (Å²) >= 11 is 0. The quantitative estimate of drug-likeness (QED) is 0.440. The van der Waals surface area contributed by atoms with Crippen LogP contribution in [0.25, 0.3) is 22.0 Å². The van der Waals surface area contributed by atoms with Crippen LogP contribution >= 0.6 is 0 Å². The van der Waals surface area contributed by atoms with E-state index in [2.05, 4.69) is 4.98 Å². The van der Waals surface area contributed by atoms with Crippen molar-refractivity contribution in [2.24, 2.45) is 11.7 Å². The van der Waals surface area contributed by atoms with Crippen LogP contribution in [0.5, 0.6) is 0 Å². The first-order valence-corrected chi connectivity index (χ1v) is 11.3. The molecule has 36 heavy (non-hydrogen) atoms. The lowest BCUT2D eigenvalue weighted by atomic mass is 9.95. The highest BCUT2D eigenvalue weighted by atomic mass is 19.4. The van der Waals surface area contributed by atoms with E-state index in [0.29, 0.717) is 23.9 Å². The summed E-state index contributed by atoms with van der Waals surface area (Å²) in [6.45, 7) is 1.92. The number of carboxylic acid groups (broad SMARTS) is 1. The molecule has 0 radical (unpaired) electrons. The first-order valence-electron chi connectivity index (χ1n) is 11.3. The molecule has 1 aliphatic rings. The number of hydrogen-bond acceptors (Lipinski definition) is 5. The number of aromatic amines is 1. The maximum atomic E-state index is 13.4.